The van der Waals surface area contributed by atoms with Crippen molar-refractivity contribution in [3.8, 4) is 0 Å². The molecule has 2 aliphatic rings. The molecule has 0 unspecified atom stereocenters. The van der Waals surface area contributed by atoms with Crippen LogP contribution in [-0.4, -0.2) is 71.9 Å². The van der Waals surface area contributed by atoms with Gasteiger partial charge in [-0.25, -0.2) is 4.79 Å². The molecule has 3 amide bonds. The van der Waals surface area contributed by atoms with Crippen molar-refractivity contribution in [3.05, 3.63) is 21.9 Å². The van der Waals surface area contributed by atoms with Crippen LogP contribution in [0.4, 0.5) is 4.79 Å². The fraction of sp³-hybridized carbons (Fsp3) is 0.650. The van der Waals surface area contributed by atoms with Gasteiger partial charge < -0.3 is 19.4 Å². The van der Waals surface area contributed by atoms with Crippen LogP contribution in [-0.2, 0) is 27.3 Å². The van der Waals surface area contributed by atoms with Crippen molar-refractivity contribution in [2.45, 2.75) is 39.7 Å². The summed E-state index contributed by atoms with van der Waals surface area (Å²) in [5.41, 5.74) is 1.23. The van der Waals surface area contributed by atoms with Crippen LogP contribution in [0.15, 0.2) is 11.4 Å². The first-order valence-corrected chi connectivity index (χ1v) is 10.8. The molecule has 1 saturated heterocycles. The van der Waals surface area contributed by atoms with Gasteiger partial charge in [0.15, 0.2) is 0 Å². The van der Waals surface area contributed by atoms with E-state index in [4.69, 9.17) is 4.74 Å². The lowest BCUT2D eigenvalue weighted by atomic mass is 10.1. The SMILES string of the molecule is CC(C)COC(=O)N1CCN(C(=O)CCC(=O)N2CCc3sccc3C2)CC1. The summed E-state index contributed by atoms with van der Waals surface area (Å²) in [6, 6.07) is 2.08. The average molecular weight is 408 g/mol. The monoisotopic (exact) mass is 407 g/mol. The Morgan fingerprint density at radius 2 is 1.64 bits per heavy atom. The Morgan fingerprint density at radius 1 is 1.00 bits per heavy atom. The maximum absolute atomic E-state index is 12.5. The minimum absolute atomic E-state index is 0.0169. The number of ether oxygens (including phenoxy) is 1. The third-order valence-corrected chi connectivity index (χ3v) is 6.17. The van der Waals surface area contributed by atoms with Crippen LogP contribution in [0.2, 0.25) is 0 Å². The Labute approximate surface area is 170 Å². The normalized spacial score (nSPS) is 16.9. The first kappa shape index (κ1) is 20.6. The van der Waals surface area contributed by atoms with E-state index in [0.29, 0.717) is 45.2 Å². The number of hydrogen-bond donors (Lipinski definition) is 0. The van der Waals surface area contributed by atoms with Crippen molar-refractivity contribution >= 4 is 29.2 Å². The predicted octanol–water partition coefficient (Wildman–Crippen LogP) is 2.35. The van der Waals surface area contributed by atoms with Gasteiger partial charge in [-0.3, -0.25) is 9.59 Å². The van der Waals surface area contributed by atoms with Crippen LogP contribution in [0, 0.1) is 5.92 Å². The average Bonchev–Trinajstić information content (AvgIpc) is 3.17. The van der Waals surface area contributed by atoms with E-state index in [-0.39, 0.29) is 30.7 Å². The van der Waals surface area contributed by atoms with Gasteiger partial charge in [-0.15, -0.1) is 11.3 Å². The fourth-order valence-electron chi connectivity index (χ4n) is 3.46. The Bertz CT molecular complexity index is 710. The first-order valence-electron chi connectivity index (χ1n) is 9.96. The first-order chi connectivity index (χ1) is 13.4. The predicted molar refractivity (Wildman–Crippen MR) is 107 cm³/mol. The summed E-state index contributed by atoms with van der Waals surface area (Å²) in [4.78, 5) is 43.5. The summed E-state index contributed by atoms with van der Waals surface area (Å²) >= 11 is 1.75. The van der Waals surface area contributed by atoms with Crippen LogP contribution in [0.25, 0.3) is 0 Å². The number of carbonyl (C=O) groups excluding carboxylic acids is 3. The molecular formula is C20H29N3O4S. The highest BCUT2D eigenvalue weighted by Gasteiger charge is 2.26. The molecule has 0 saturated carbocycles. The standard InChI is InChI=1S/C20H29N3O4S/c1-15(2)14-27-20(26)22-10-8-21(9-11-22)18(24)3-4-19(25)23-7-5-17-16(13-23)6-12-28-17/h6,12,15H,3-5,7-11,13-14H2,1-2H3. The van der Waals surface area contributed by atoms with Crippen molar-refractivity contribution in [1.29, 1.82) is 0 Å². The number of rotatable bonds is 5. The Hall–Kier alpha value is -2.09. The Kier molecular flexibility index (Phi) is 6.93. The molecule has 154 valence electrons. The van der Waals surface area contributed by atoms with Gasteiger partial charge in [-0.1, -0.05) is 13.8 Å². The number of piperazine rings is 1. The van der Waals surface area contributed by atoms with Crippen LogP contribution in [0.5, 0.6) is 0 Å². The summed E-state index contributed by atoms with van der Waals surface area (Å²) in [5.74, 6) is 0.327. The van der Waals surface area contributed by atoms with Gasteiger partial charge in [0.1, 0.15) is 0 Å². The zero-order chi connectivity index (χ0) is 20.1. The molecule has 7 nitrogen and oxygen atoms in total. The van der Waals surface area contributed by atoms with E-state index >= 15 is 0 Å². The Morgan fingerprint density at radius 3 is 2.32 bits per heavy atom. The highest BCUT2D eigenvalue weighted by atomic mass is 32.1. The maximum atomic E-state index is 12.5. The molecule has 1 aromatic heterocycles. The Balaban J connectivity index is 1.38. The van der Waals surface area contributed by atoms with E-state index in [9.17, 15) is 14.4 Å². The summed E-state index contributed by atoms with van der Waals surface area (Å²) < 4.78 is 5.24. The van der Waals surface area contributed by atoms with E-state index < -0.39 is 0 Å². The van der Waals surface area contributed by atoms with Gasteiger partial charge in [-0.05, 0) is 29.3 Å². The van der Waals surface area contributed by atoms with Crippen LogP contribution < -0.4 is 0 Å². The van der Waals surface area contributed by atoms with Crippen molar-refractivity contribution in [2.75, 3.05) is 39.3 Å². The second kappa shape index (κ2) is 9.41. The second-order valence-electron chi connectivity index (χ2n) is 7.77. The van der Waals surface area contributed by atoms with Gasteiger partial charge >= 0.3 is 6.09 Å². The van der Waals surface area contributed by atoms with Gasteiger partial charge in [-0.2, -0.15) is 0 Å². The number of nitrogens with zero attached hydrogens (tertiary/aromatic N) is 3. The molecule has 28 heavy (non-hydrogen) atoms. The largest absolute Gasteiger partial charge is 0.449 e. The number of thiophene rings is 1. The molecular weight excluding hydrogens is 378 g/mol. The summed E-state index contributed by atoms with van der Waals surface area (Å²) in [7, 11) is 0. The second-order valence-corrected chi connectivity index (χ2v) is 8.77. The summed E-state index contributed by atoms with van der Waals surface area (Å²) in [5, 5.41) is 2.07. The molecule has 0 N–H and O–H groups in total. The number of hydrogen-bond acceptors (Lipinski definition) is 5. The topological polar surface area (TPSA) is 70.2 Å². The van der Waals surface area contributed by atoms with E-state index in [0.717, 1.165) is 13.0 Å². The highest BCUT2D eigenvalue weighted by Crippen LogP contribution is 2.24. The molecule has 8 heteroatoms. The molecule has 2 aliphatic heterocycles. The maximum Gasteiger partial charge on any atom is 0.409 e. The van der Waals surface area contributed by atoms with E-state index in [2.05, 4.69) is 11.4 Å². The lowest BCUT2D eigenvalue weighted by molar-refractivity contribution is -0.138. The van der Waals surface area contributed by atoms with E-state index in [1.54, 1.807) is 21.1 Å². The molecule has 0 atom stereocenters. The highest BCUT2D eigenvalue weighted by molar-refractivity contribution is 7.10. The third kappa shape index (κ3) is 5.25. The molecule has 1 aromatic rings. The van der Waals surface area contributed by atoms with E-state index in [1.165, 1.54) is 10.4 Å². The molecule has 1 fully saturated rings. The quantitative estimate of drug-likeness (QED) is 0.751. The van der Waals surface area contributed by atoms with Crippen molar-refractivity contribution in [3.63, 3.8) is 0 Å². The number of fused-ring (bicyclic) bond motifs is 1. The van der Waals surface area contributed by atoms with Crippen LogP contribution in [0.3, 0.4) is 0 Å². The third-order valence-electron chi connectivity index (χ3n) is 5.14. The fourth-order valence-corrected chi connectivity index (χ4v) is 4.35. The van der Waals surface area contributed by atoms with E-state index in [1.807, 2.05) is 18.7 Å². The van der Waals surface area contributed by atoms with Crippen LogP contribution >= 0.6 is 11.3 Å². The molecule has 0 spiro atoms. The van der Waals surface area contributed by atoms with Gasteiger partial charge in [0.2, 0.25) is 11.8 Å². The number of carbonyl (C=O) groups is 3. The molecule has 3 heterocycles. The van der Waals surface area contributed by atoms with Gasteiger partial charge in [0, 0.05) is 57.0 Å². The van der Waals surface area contributed by atoms with Crippen LogP contribution in [0.1, 0.15) is 37.1 Å². The molecule has 0 bridgehead atoms. The molecule has 0 aliphatic carbocycles. The summed E-state index contributed by atoms with van der Waals surface area (Å²) in [6.07, 6.45) is 1.06. The lowest BCUT2D eigenvalue weighted by Crippen LogP contribution is -2.51. The molecule has 0 aromatic carbocycles. The van der Waals surface area contributed by atoms with Crippen molar-refractivity contribution in [1.82, 2.24) is 14.7 Å². The minimum atomic E-state index is -0.311. The zero-order valence-corrected chi connectivity index (χ0v) is 17.5. The number of amides is 3. The smallest absolute Gasteiger partial charge is 0.409 e. The minimum Gasteiger partial charge on any atom is -0.449 e. The zero-order valence-electron chi connectivity index (χ0n) is 16.7. The lowest BCUT2D eigenvalue weighted by Gasteiger charge is -2.34. The molecule has 0 radical (unpaired) electrons. The summed E-state index contributed by atoms with van der Waals surface area (Å²) in [6.45, 7) is 7.72. The van der Waals surface area contributed by atoms with Crippen molar-refractivity contribution in [2.24, 2.45) is 5.92 Å². The molecule has 3 rings (SSSR count). The van der Waals surface area contributed by atoms with Gasteiger partial charge in [0.05, 0.1) is 6.61 Å². The van der Waals surface area contributed by atoms with Gasteiger partial charge in [0.25, 0.3) is 0 Å². The van der Waals surface area contributed by atoms with Crippen molar-refractivity contribution < 1.29 is 19.1 Å².